The Hall–Kier alpha value is -1.15. The van der Waals surface area contributed by atoms with Crippen LogP contribution in [-0.2, 0) is 24.2 Å². The summed E-state index contributed by atoms with van der Waals surface area (Å²) in [7, 11) is -1.93. The van der Waals surface area contributed by atoms with E-state index >= 15 is 0 Å². The van der Waals surface area contributed by atoms with E-state index < -0.39 is 20.5 Å². The molecule has 0 bridgehead atoms. The number of carbonyl (C=O) groups excluding carboxylic acids is 2. The first-order valence-electron chi connectivity index (χ1n) is 7.30. The minimum absolute atomic E-state index is 0.0103. The summed E-state index contributed by atoms with van der Waals surface area (Å²) in [6, 6.07) is 0. The van der Waals surface area contributed by atoms with E-state index in [2.05, 4.69) is 0 Å². The van der Waals surface area contributed by atoms with E-state index in [1.165, 1.54) is 18.7 Å². The molecule has 128 valence electrons. The summed E-state index contributed by atoms with van der Waals surface area (Å²) < 4.78 is 27.1. The lowest BCUT2D eigenvalue weighted by molar-refractivity contribution is -0.141. The molecule has 0 radical (unpaired) electrons. The maximum absolute atomic E-state index is 12.4. The average molecular weight is 334 g/mol. The molecule has 1 aliphatic rings. The van der Waals surface area contributed by atoms with Crippen LogP contribution in [-0.4, -0.2) is 80.4 Å². The van der Waals surface area contributed by atoms with Crippen molar-refractivity contribution in [2.45, 2.75) is 38.0 Å². The Labute approximate surface area is 132 Å². The molecule has 7 nitrogen and oxygen atoms in total. The van der Waals surface area contributed by atoms with E-state index in [1.54, 1.807) is 12.0 Å². The molecule has 2 amide bonds. The zero-order chi connectivity index (χ0) is 17.1. The quantitative estimate of drug-likeness (QED) is 0.701. The van der Waals surface area contributed by atoms with Gasteiger partial charge in [-0.3, -0.25) is 9.59 Å². The largest absolute Gasteiger partial charge is 0.381 e. The molecule has 22 heavy (non-hydrogen) atoms. The molecule has 0 aromatic rings. The lowest BCUT2D eigenvalue weighted by atomic mass is 10.1. The van der Waals surface area contributed by atoms with Gasteiger partial charge in [0.15, 0.2) is 9.84 Å². The number of rotatable bonds is 5. The first-order chi connectivity index (χ1) is 10.0. The van der Waals surface area contributed by atoms with E-state index in [4.69, 9.17) is 4.74 Å². The lowest BCUT2D eigenvalue weighted by Gasteiger charge is -2.38. The van der Waals surface area contributed by atoms with Crippen LogP contribution in [0, 0.1) is 0 Å². The molecule has 1 fully saturated rings. The lowest BCUT2D eigenvalue weighted by Crippen LogP contribution is -2.57. The molecule has 0 aromatic heterocycles. The molecular weight excluding hydrogens is 308 g/mol. The average Bonchev–Trinajstić information content (AvgIpc) is 2.45. The first kappa shape index (κ1) is 18.9. The van der Waals surface area contributed by atoms with Crippen LogP contribution in [0.15, 0.2) is 0 Å². The highest BCUT2D eigenvalue weighted by molar-refractivity contribution is 7.92. The van der Waals surface area contributed by atoms with Crippen LogP contribution in [0.1, 0.15) is 27.2 Å². The van der Waals surface area contributed by atoms with Gasteiger partial charge in [0.1, 0.15) is 4.75 Å². The molecular formula is C14H26N2O5S. The second-order valence-corrected chi connectivity index (χ2v) is 8.77. The minimum Gasteiger partial charge on any atom is -0.381 e. The first-order valence-corrected chi connectivity index (χ1v) is 9.19. The number of hydrogen-bond donors (Lipinski definition) is 0. The summed E-state index contributed by atoms with van der Waals surface area (Å²) in [4.78, 5) is 27.6. The molecule has 1 heterocycles. The van der Waals surface area contributed by atoms with Gasteiger partial charge in [0.25, 0.3) is 0 Å². The van der Waals surface area contributed by atoms with Gasteiger partial charge in [-0.2, -0.15) is 0 Å². The van der Waals surface area contributed by atoms with E-state index in [0.717, 1.165) is 6.26 Å². The van der Waals surface area contributed by atoms with Crippen molar-refractivity contribution in [1.29, 1.82) is 0 Å². The number of sulfone groups is 1. The van der Waals surface area contributed by atoms with Gasteiger partial charge in [0, 0.05) is 39.5 Å². The molecule has 1 aliphatic heterocycles. The second kappa shape index (κ2) is 6.95. The van der Waals surface area contributed by atoms with Crippen molar-refractivity contribution in [2.75, 3.05) is 39.5 Å². The highest BCUT2D eigenvalue weighted by Crippen LogP contribution is 2.20. The summed E-state index contributed by atoms with van der Waals surface area (Å²) >= 11 is 0. The molecule has 0 saturated carbocycles. The third kappa shape index (κ3) is 4.19. The van der Waals surface area contributed by atoms with Crippen molar-refractivity contribution in [3.05, 3.63) is 0 Å². The van der Waals surface area contributed by atoms with Gasteiger partial charge in [-0.15, -0.1) is 0 Å². The van der Waals surface area contributed by atoms with Crippen molar-refractivity contribution in [3.63, 3.8) is 0 Å². The number of piperazine rings is 1. The van der Waals surface area contributed by atoms with Gasteiger partial charge in [-0.1, -0.05) is 0 Å². The highest BCUT2D eigenvalue weighted by Gasteiger charge is 2.42. The number of methoxy groups -OCH3 is 1. The third-order valence-electron chi connectivity index (χ3n) is 4.23. The van der Waals surface area contributed by atoms with E-state index in [0.29, 0.717) is 32.6 Å². The number of nitrogens with zero attached hydrogens (tertiary/aromatic N) is 2. The summed E-state index contributed by atoms with van der Waals surface area (Å²) in [5, 5.41) is 0. The van der Waals surface area contributed by atoms with Gasteiger partial charge < -0.3 is 14.5 Å². The van der Waals surface area contributed by atoms with Crippen LogP contribution in [0.4, 0.5) is 0 Å². The van der Waals surface area contributed by atoms with E-state index in [1.807, 2.05) is 6.92 Å². The zero-order valence-corrected chi connectivity index (χ0v) is 14.8. The SMILES string of the molecule is COC(C)CC(=O)N1CCN(C(=O)C(C)(C)S(C)(=O)=O)CC1. The third-order valence-corrected chi connectivity index (χ3v) is 6.25. The van der Waals surface area contributed by atoms with Gasteiger partial charge in [0.2, 0.25) is 11.8 Å². The molecule has 0 aliphatic carbocycles. The van der Waals surface area contributed by atoms with Gasteiger partial charge in [0.05, 0.1) is 12.5 Å². The van der Waals surface area contributed by atoms with Crippen LogP contribution >= 0.6 is 0 Å². The molecule has 1 saturated heterocycles. The van der Waals surface area contributed by atoms with Gasteiger partial charge >= 0.3 is 0 Å². The maximum Gasteiger partial charge on any atom is 0.243 e. The van der Waals surface area contributed by atoms with Crippen molar-refractivity contribution in [3.8, 4) is 0 Å². The maximum atomic E-state index is 12.4. The van der Waals surface area contributed by atoms with Gasteiger partial charge in [-0.25, -0.2) is 8.42 Å². The Kier molecular flexibility index (Phi) is 5.97. The number of hydrogen-bond acceptors (Lipinski definition) is 5. The van der Waals surface area contributed by atoms with Gasteiger partial charge in [-0.05, 0) is 20.8 Å². The summed E-state index contributed by atoms with van der Waals surface area (Å²) in [6.45, 7) is 6.20. The van der Waals surface area contributed by atoms with Crippen LogP contribution in [0.5, 0.6) is 0 Å². The Bertz CT molecular complexity index is 521. The predicted molar refractivity (Wildman–Crippen MR) is 83.2 cm³/mol. The molecule has 1 unspecified atom stereocenters. The molecule has 0 N–H and O–H groups in total. The number of amides is 2. The zero-order valence-electron chi connectivity index (χ0n) is 14.0. The molecule has 0 aromatic carbocycles. The van der Waals surface area contributed by atoms with Crippen LogP contribution in [0.2, 0.25) is 0 Å². The van der Waals surface area contributed by atoms with E-state index in [9.17, 15) is 18.0 Å². The number of carbonyl (C=O) groups is 2. The molecule has 0 spiro atoms. The Morgan fingerprint density at radius 1 is 1.14 bits per heavy atom. The van der Waals surface area contributed by atoms with Crippen molar-refractivity contribution in [1.82, 2.24) is 9.80 Å². The van der Waals surface area contributed by atoms with Crippen LogP contribution < -0.4 is 0 Å². The Morgan fingerprint density at radius 3 is 2.00 bits per heavy atom. The van der Waals surface area contributed by atoms with E-state index in [-0.39, 0.29) is 12.0 Å². The summed E-state index contributed by atoms with van der Waals surface area (Å²) in [5.41, 5.74) is 0. The monoisotopic (exact) mass is 334 g/mol. The van der Waals surface area contributed by atoms with Crippen molar-refractivity contribution >= 4 is 21.7 Å². The fourth-order valence-corrected chi connectivity index (χ4v) is 2.60. The fourth-order valence-electron chi connectivity index (χ4n) is 2.16. The normalized spacial score (nSPS) is 18.2. The summed E-state index contributed by atoms with van der Waals surface area (Å²) in [5.74, 6) is -0.420. The topological polar surface area (TPSA) is 84.0 Å². The summed E-state index contributed by atoms with van der Waals surface area (Å²) in [6.07, 6.45) is 1.23. The molecule has 1 atom stereocenters. The standard InChI is InChI=1S/C14H26N2O5S/c1-11(21-4)10-12(17)15-6-8-16(9-7-15)13(18)14(2,3)22(5,19)20/h11H,6-10H2,1-5H3. The van der Waals surface area contributed by atoms with Crippen LogP contribution in [0.3, 0.4) is 0 Å². The van der Waals surface area contributed by atoms with Crippen LogP contribution in [0.25, 0.3) is 0 Å². The molecule has 8 heteroatoms. The fraction of sp³-hybridized carbons (Fsp3) is 0.857. The second-order valence-electron chi connectivity index (χ2n) is 6.21. The number of ether oxygens (including phenoxy) is 1. The Balaban J connectivity index is 2.63. The minimum atomic E-state index is -3.49. The smallest absolute Gasteiger partial charge is 0.243 e. The van der Waals surface area contributed by atoms with Crippen molar-refractivity contribution in [2.24, 2.45) is 0 Å². The van der Waals surface area contributed by atoms with Crippen molar-refractivity contribution < 1.29 is 22.7 Å². The highest BCUT2D eigenvalue weighted by atomic mass is 32.2. The Morgan fingerprint density at radius 2 is 1.59 bits per heavy atom. The predicted octanol–water partition coefficient (Wildman–Crippen LogP) is -0.0946. The molecule has 1 rings (SSSR count).